The smallest absolute Gasteiger partial charge is 0.325 e. The quantitative estimate of drug-likeness (QED) is 0.343. The molecule has 184 valence electrons. The van der Waals surface area contributed by atoms with Gasteiger partial charge in [0.05, 0.1) is 25.1 Å². The summed E-state index contributed by atoms with van der Waals surface area (Å²) < 4.78 is 14.2. The third-order valence-electron chi connectivity index (χ3n) is 4.75. The maximum atomic E-state index is 13.9. The second-order valence-electron chi connectivity index (χ2n) is 6.93. The van der Waals surface area contributed by atoms with E-state index < -0.39 is 36.3 Å². The van der Waals surface area contributed by atoms with E-state index in [1.807, 2.05) is 0 Å². The molecule has 3 rings (SSSR count). The lowest BCUT2D eigenvalue weighted by Gasteiger charge is -2.31. The molecule has 0 spiro atoms. The van der Waals surface area contributed by atoms with E-state index in [1.54, 1.807) is 48.7 Å². The molecule has 0 aliphatic rings. The van der Waals surface area contributed by atoms with Crippen molar-refractivity contribution >= 4 is 57.9 Å². The molecule has 0 bridgehead atoms. The summed E-state index contributed by atoms with van der Waals surface area (Å²) in [7, 11) is 1.43. The number of nitrogen functional groups attached to an aromatic ring is 1. The highest BCUT2D eigenvalue weighted by Crippen LogP contribution is 2.38. The number of nitrogens with two attached hydrogens (primary N) is 2. The first-order valence-electron chi connectivity index (χ1n) is 10.3. The molecule has 2 heterocycles. The molecule has 5 N–H and O–H groups in total. The minimum Gasteiger partial charge on any atom is -0.495 e. The molecule has 0 unspecified atom stereocenters. The van der Waals surface area contributed by atoms with E-state index in [9.17, 15) is 19.2 Å². The van der Waals surface area contributed by atoms with E-state index in [4.69, 9.17) is 20.9 Å². The molecule has 1 aromatic carbocycles. The Labute approximate surface area is 208 Å². The molecule has 0 saturated carbocycles. The Bertz CT molecular complexity index is 1230. The van der Waals surface area contributed by atoms with Crippen molar-refractivity contribution in [3.63, 3.8) is 0 Å². The van der Waals surface area contributed by atoms with Crippen molar-refractivity contribution in [2.45, 2.75) is 13.0 Å². The molecule has 35 heavy (non-hydrogen) atoms. The van der Waals surface area contributed by atoms with Crippen molar-refractivity contribution in [2.24, 2.45) is 5.73 Å². The summed E-state index contributed by atoms with van der Waals surface area (Å²) in [6.45, 7) is 1.41. The summed E-state index contributed by atoms with van der Waals surface area (Å²) in [6, 6.07) is 8.79. The van der Waals surface area contributed by atoms with Gasteiger partial charge in [0.25, 0.3) is 11.8 Å². The summed E-state index contributed by atoms with van der Waals surface area (Å²) in [5.41, 5.74) is 11.2. The molecular formula is C22H23N5O6S2. The summed E-state index contributed by atoms with van der Waals surface area (Å²) in [5, 5.41) is 4.28. The number of methoxy groups -OCH3 is 1. The van der Waals surface area contributed by atoms with E-state index in [0.29, 0.717) is 22.2 Å². The SMILES string of the molecule is CCOC(=O)CNC(=O)[C@H](c1cccs1)N(C(=O)c1snc(C(N)=O)c1N)c1ccccc1OC. The van der Waals surface area contributed by atoms with Crippen LogP contribution in [0.25, 0.3) is 0 Å². The van der Waals surface area contributed by atoms with Crippen LogP contribution >= 0.6 is 22.9 Å². The van der Waals surface area contributed by atoms with Crippen LogP contribution in [0.2, 0.25) is 0 Å². The number of anilines is 2. The highest BCUT2D eigenvalue weighted by Gasteiger charge is 2.38. The highest BCUT2D eigenvalue weighted by atomic mass is 32.1. The average molecular weight is 518 g/mol. The monoisotopic (exact) mass is 517 g/mol. The Morgan fingerprint density at radius 3 is 2.51 bits per heavy atom. The van der Waals surface area contributed by atoms with E-state index in [2.05, 4.69) is 9.69 Å². The molecule has 3 aromatic rings. The third-order valence-corrected chi connectivity index (χ3v) is 6.53. The maximum Gasteiger partial charge on any atom is 0.325 e. The van der Waals surface area contributed by atoms with Gasteiger partial charge in [-0.3, -0.25) is 24.1 Å². The maximum absolute atomic E-state index is 13.9. The van der Waals surface area contributed by atoms with Gasteiger partial charge in [-0.2, -0.15) is 4.37 Å². The van der Waals surface area contributed by atoms with Crippen molar-refractivity contribution in [1.82, 2.24) is 9.69 Å². The van der Waals surface area contributed by atoms with Gasteiger partial charge in [-0.05, 0) is 42.0 Å². The average Bonchev–Trinajstić information content (AvgIpc) is 3.50. The lowest BCUT2D eigenvalue weighted by molar-refractivity contribution is -0.143. The van der Waals surface area contributed by atoms with Crippen LogP contribution in [-0.2, 0) is 14.3 Å². The zero-order valence-electron chi connectivity index (χ0n) is 18.8. The van der Waals surface area contributed by atoms with Crippen LogP contribution < -0.4 is 26.4 Å². The number of ether oxygens (including phenoxy) is 2. The van der Waals surface area contributed by atoms with Gasteiger partial charge in [-0.25, -0.2) is 0 Å². The van der Waals surface area contributed by atoms with E-state index in [-0.39, 0.29) is 28.6 Å². The predicted octanol–water partition coefficient (Wildman–Crippen LogP) is 1.96. The number of hydrogen-bond acceptors (Lipinski definition) is 10. The van der Waals surface area contributed by atoms with Crippen LogP contribution in [0.15, 0.2) is 41.8 Å². The Morgan fingerprint density at radius 1 is 1.17 bits per heavy atom. The lowest BCUT2D eigenvalue weighted by Crippen LogP contribution is -2.45. The summed E-state index contributed by atoms with van der Waals surface area (Å²) in [4.78, 5) is 52.5. The van der Waals surface area contributed by atoms with Crippen molar-refractivity contribution in [2.75, 3.05) is 30.9 Å². The Morgan fingerprint density at radius 2 is 1.91 bits per heavy atom. The van der Waals surface area contributed by atoms with Gasteiger partial charge in [-0.15, -0.1) is 11.3 Å². The fraction of sp³-hybridized carbons (Fsp3) is 0.227. The number of para-hydroxylation sites is 2. The highest BCUT2D eigenvalue weighted by molar-refractivity contribution is 7.10. The number of rotatable bonds is 10. The molecule has 1 atom stereocenters. The largest absolute Gasteiger partial charge is 0.495 e. The van der Waals surface area contributed by atoms with E-state index in [0.717, 1.165) is 0 Å². The first-order chi connectivity index (χ1) is 16.8. The molecule has 0 aliphatic heterocycles. The number of carbonyl (C=O) groups excluding carboxylic acids is 4. The Kier molecular flexibility index (Phi) is 8.39. The van der Waals surface area contributed by atoms with Crippen LogP contribution in [-0.4, -0.2) is 48.3 Å². The van der Waals surface area contributed by atoms with Crippen molar-refractivity contribution in [1.29, 1.82) is 0 Å². The zero-order chi connectivity index (χ0) is 25.5. The number of esters is 1. The van der Waals surface area contributed by atoms with Gasteiger partial charge in [0.15, 0.2) is 11.7 Å². The fourth-order valence-electron chi connectivity index (χ4n) is 3.22. The molecule has 2 aromatic heterocycles. The number of thiophene rings is 1. The second kappa shape index (κ2) is 11.4. The van der Waals surface area contributed by atoms with Gasteiger partial charge in [0.2, 0.25) is 5.91 Å². The van der Waals surface area contributed by atoms with E-state index in [1.165, 1.54) is 23.3 Å². The number of amides is 3. The molecule has 0 saturated heterocycles. The van der Waals surface area contributed by atoms with Crippen molar-refractivity contribution in [3.05, 3.63) is 57.2 Å². The zero-order valence-corrected chi connectivity index (χ0v) is 20.5. The van der Waals surface area contributed by atoms with Gasteiger partial charge >= 0.3 is 5.97 Å². The van der Waals surface area contributed by atoms with Crippen LogP contribution in [0, 0.1) is 0 Å². The first-order valence-corrected chi connectivity index (χ1v) is 11.9. The topological polar surface area (TPSA) is 167 Å². The minimum atomic E-state index is -1.22. The minimum absolute atomic E-state index is 0.0792. The van der Waals surface area contributed by atoms with Crippen LogP contribution in [0.4, 0.5) is 11.4 Å². The molecule has 11 nitrogen and oxygen atoms in total. The Hall–Kier alpha value is -3.97. The predicted molar refractivity (Wildman–Crippen MR) is 132 cm³/mol. The summed E-state index contributed by atoms with van der Waals surface area (Å²) in [6.07, 6.45) is 0. The number of primary amides is 1. The summed E-state index contributed by atoms with van der Waals surface area (Å²) >= 11 is 1.93. The van der Waals surface area contributed by atoms with Gasteiger partial charge in [-0.1, -0.05) is 18.2 Å². The number of nitrogens with zero attached hydrogens (tertiary/aromatic N) is 2. The first kappa shape index (κ1) is 25.6. The van der Waals surface area contributed by atoms with Gasteiger partial charge < -0.3 is 26.3 Å². The van der Waals surface area contributed by atoms with Crippen LogP contribution in [0.5, 0.6) is 5.75 Å². The number of benzene rings is 1. The van der Waals surface area contributed by atoms with Gasteiger partial charge in [0.1, 0.15) is 17.2 Å². The normalized spacial score (nSPS) is 11.4. The molecule has 0 radical (unpaired) electrons. The number of hydrogen-bond donors (Lipinski definition) is 3. The number of nitrogens with one attached hydrogen (secondary N) is 1. The van der Waals surface area contributed by atoms with E-state index >= 15 is 0 Å². The second-order valence-corrected chi connectivity index (χ2v) is 8.68. The van der Waals surface area contributed by atoms with Gasteiger partial charge in [0, 0.05) is 4.88 Å². The van der Waals surface area contributed by atoms with Crippen molar-refractivity contribution in [3.8, 4) is 5.75 Å². The van der Waals surface area contributed by atoms with Crippen molar-refractivity contribution < 1.29 is 28.7 Å². The van der Waals surface area contributed by atoms with Crippen LogP contribution in [0.3, 0.4) is 0 Å². The lowest BCUT2D eigenvalue weighted by atomic mass is 10.1. The fourth-order valence-corrected chi connectivity index (χ4v) is 4.78. The third kappa shape index (κ3) is 5.58. The molecule has 13 heteroatoms. The van der Waals surface area contributed by atoms with Crippen LogP contribution in [0.1, 0.15) is 38.0 Å². The molecular weight excluding hydrogens is 494 g/mol. The summed E-state index contributed by atoms with van der Waals surface area (Å²) in [5.74, 6) is -2.55. The Balaban J connectivity index is 2.14. The number of carbonyl (C=O) groups is 4. The molecule has 0 fully saturated rings. The molecule has 3 amide bonds. The molecule has 0 aliphatic carbocycles. The number of aromatic nitrogens is 1. The standard InChI is InChI=1S/C22H23N5O6S2/c1-3-33-15(28)11-25-21(30)18(14-9-6-10-34-14)27(12-7-4-5-8-13(12)32-2)22(31)19-16(23)17(20(24)29)26-35-19/h4-10,18H,3,11,23H2,1-2H3,(H2,24,29)(H,25,30)/t18-/m0/s1.